The summed E-state index contributed by atoms with van der Waals surface area (Å²) in [4.78, 5) is 0. The van der Waals surface area contributed by atoms with Crippen molar-refractivity contribution in [2.45, 2.75) is 32.1 Å². The summed E-state index contributed by atoms with van der Waals surface area (Å²) in [6.45, 7) is 3.76. The van der Waals surface area contributed by atoms with Crippen LogP contribution in [0.5, 0.6) is 0 Å². The van der Waals surface area contributed by atoms with E-state index in [1.54, 1.807) is 0 Å². The lowest BCUT2D eigenvalue weighted by Crippen LogP contribution is -1.73. The van der Waals surface area contributed by atoms with E-state index in [-0.39, 0.29) is 0 Å². The first-order valence-corrected chi connectivity index (χ1v) is 3.75. The minimum Gasteiger partial charge on any atom is -0.0988 e. The van der Waals surface area contributed by atoms with Gasteiger partial charge in [-0.25, -0.2) is 0 Å². The fourth-order valence-corrected chi connectivity index (χ4v) is 1.23. The molecular formula is C9H14. The minimum absolute atomic E-state index is 1.25. The van der Waals surface area contributed by atoms with Gasteiger partial charge in [-0.15, -0.1) is 0 Å². The van der Waals surface area contributed by atoms with E-state index in [0.717, 1.165) is 0 Å². The van der Waals surface area contributed by atoms with Crippen LogP contribution in [0, 0.1) is 0 Å². The molecular weight excluding hydrogens is 108 g/mol. The molecule has 0 N–H and O–H groups in total. The van der Waals surface area contributed by atoms with Crippen molar-refractivity contribution in [2.75, 3.05) is 0 Å². The summed E-state index contributed by atoms with van der Waals surface area (Å²) in [6, 6.07) is 0. The second kappa shape index (κ2) is 3.49. The van der Waals surface area contributed by atoms with Crippen molar-refractivity contribution in [2.24, 2.45) is 0 Å². The van der Waals surface area contributed by atoms with E-state index in [2.05, 4.69) is 12.7 Å². The molecule has 1 aliphatic carbocycles. The SMILES string of the molecule is C=CC1=CCCCCC1. The van der Waals surface area contributed by atoms with Gasteiger partial charge in [0, 0.05) is 0 Å². The molecule has 0 bridgehead atoms. The molecule has 0 fully saturated rings. The highest BCUT2D eigenvalue weighted by Gasteiger charge is 1.97. The Hall–Kier alpha value is -0.520. The molecule has 50 valence electrons. The van der Waals surface area contributed by atoms with E-state index in [4.69, 9.17) is 0 Å². The maximum Gasteiger partial charge on any atom is -0.0282 e. The summed E-state index contributed by atoms with van der Waals surface area (Å²) in [5.41, 5.74) is 1.45. The van der Waals surface area contributed by atoms with Gasteiger partial charge in [0.2, 0.25) is 0 Å². The molecule has 0 saturated heterocycles. The van der Waals surface area contributed by atoms with Crippen LogP contribution in [0.15, 0.2) is 24.3 Å². The van der Waals surface area contributed by atoms with Crippen LogP contribution in [0.3, 0.4) is 0 Å². The van der Waals surface area contributed by atoms with E-state index >= 15 is 0 Å². The Kier molecular flexibility index (Phi) is 2.56. The summed E-state index contributed by atoms with van der Waals surface area (Å²) in [5, 5.41) is 0. The van der Waals surface area contributed by atoms with Crippen LogP contribution < -0.4 is 0 Å². The molecule has 0 spiro atoms. The first-order valence-electron chi connectivity index (χ1n) is 3.75. The quantitative estimate of drug-likeness (QED) is 0.501. The first-order chi connectivity index (χ1) is 4.43. The Morgan fingerprint density at radius 1 is 1.33 bits per heavy atom. The lowest BCUT2D eigenvalue weighted by atomic mass is 10.1. The van der Waals surface area contributed by atoms with Gasteiger partial charge >= 0.3 is 0 Å². The molecule has 0 radical (unpaired) electrons. The third-order valence-corrected chi connectivity index (χ3v) is 1.84. The maximum atomic E-state index is 3.76. The van der Waals surface area contributed by atoms with Crippen LogP contribution in [0.25, 0.3) is 0 Å². The molecule has 0 nitrogen and oxygen atoms in total. The Morgan fingerprint density at radius 2 is 2.22 bits per heavy atom. The van der Waals surface area contributed by atoms with Crippen molar-refractivity contribution < 1.29 is 0 Å². The molecule has 0 heterocycles. The predicted molar refractivity (Wildman–Crippen MR) is 41.4 cm³/mol. The highest BCUT2D eigenvalue weighted by atomic mass is 14.0. The van der Waals surface area contributed by atoms with E-state index in [1.807, 2.05) is 6.08 Å². The number of rotatable bonds is 1. The highest BCUT2D eigenvalue weighted by Crippen LogP contribution is 2.16. The van der Waals surface area contributed by atoms with Crippen molar-refractivity contribution in [1.82, 2.24) is 0 Å². The monoisotopic (exact) mass is 122 g/mol. The first kappa shape index (κ1) is 6.60. The molecule has 1 aliphatic rings. The Bertz CT molecular complexity index is 120. The summed E-state index contributed by atoms with van der Waals surface area (Å²) in [5.74, 6) is 0. The normalized spacial score (nSPS) is 20.2. The van der Waals surface area contributed by atoms with Crippen molar-refractivity contribution in [3.63, 3.8) is 0 Å². The Balaban J connectivity index is 2.46. The van der Waals surface area contributed by atoms with Crippen LogP contribution in [-0.4, -0.2) is 0 Å². The van der Waals surface area contributed by atoms with Crippen molar-refractivity contribution in [3.05, 3.63) is 24.3 Å². The van der Waals surface area contributed by atoms with E-state index in [0.29, 0.717) is 0 Å². The van der Waals surface area contributed by atoms with Gasteiger partial charge in [-0.1, -0.05) is 30.7 Å². The maximum absolute atomic E-state index is 3.76. The average Bonchev–Trinajstić information content (AvgIpc) is 2.13. The zero-order valence-corrected chi connectivity index (χ0v) is 5.90. The topological polar surface area (TPSA) is 0 Å². The molecule has 0 heteroatoms. The number of hydrogen-bond acceptors (Lipinski definition) is 0. The van der Waals surface area contributed by atoms with Gasteiger partial charge in [0.05, 0.1) is 0 Å². The van der Waals surface area contributed by atoms with Crippen LogP contribution in [0.2, 0.25) is 0 Å². The average molecular weight is 122 g/mol. The van der Waals surface area contributed by atoms with E-state index in [9.17, 15) is 0 Å². The van der Waals surface area contributed by atoms with Gasteiger partial charge in [0.15, 0.2) is 0 Å². The van der Waals surface area contributed by atoms with E-state index in [1.165, 1.54) is 37.7 Å². The smallest absolute Gasteiger partial charge is 0.0282 e. The molecule has 0 aromatic rings. The van der Waals surface area contributed by atoms with E-state index < -0.39 is 0 Å². The predicted octanol–water partition coefficient (Wildman–Crippen LogP) is 3.06. The second-order valence-electron chi connectivity index (χ2n) is 2.58. The fourth-order valence-electron chi connectivity index (χ4n) is 1.23. The molecule has 0 aromatic carbocycles. The molecule has 0 saturated carbocycles. The van der Waals surface area contributed by atoms with Gasteiger partial charge in [0.1, 0.15) is 0 Å². The second-order valence-corrected chi connectivity index (χ2v) is 2.58. The van der Waals surface area contributed by atoms with Gasteiger partial charge in [0.25, 0.3) is 0 Å². The molecule has 1 rings (SSSR count). The van der Waals surface area contributed by atoms with Gasteiger partial charge < -0.3 is 0 Å². The molecule has 0 amide bonds. The molecule has 0 atom stereocenters. The molecule has 0 aromatic heterocycles. The van der Waals surface area contributed by atoms with Gasteiger partial charge in [-0.3, -0.25) is 0 Å². The summed E-state index contributed by atoms with van der Waals surface area (Å²) in [6.07, 6.45) is 11.0. The fraction of sp³-hybridized carbons (Fsp3) is 0.556. The molecule has 9 heavy (non-hydrogen) atoms. The summed E-state index contributed by atoms with van der Waals surface area (Å²) in [7, 11) is 0. The van der Waals surface area contributed by atoms with Crippen molar-refractivity contribution in [3.8, 4) is 0 Å². The third kappa shape index (κ3) is 2.05. The molecule has 0 unspecified atom stereocenters. The summed E-state index contributed by atoms with van der Waals surface area (Å²) < 4.78 is 0. The standard InChI is InChI=1S/C9H14/c1-2-9-7-5-3-4-6-8-9/h2,7H,1,3-6,8H2. The summed E-state index contributed by atoms with van der Waals surface area (Å²) >= 11 is 0. The number of hydrogen-bond donors (Lipinski definition) is 0. The van der Waals surface area contributed by atoms with Crippen molar-refractivity contribution >= 4 is 0 Å². The molecule has 0 aliphatic heterocycles. The lowest BCUT2D eigenvalue weighted by molar-refractivity contribution is 0.714. The van der Waals surface area contributed by atoms with Crippen LogP contribution >= 0.6 is 0 Å². The zero-order chi connectivity index (χ0) is 6.53. The van der Waals surface area contributed by atoms with Crippen LogP contribution in [-0.2, 0) is 0 Å². The Labute approximate surface area is 57.3 Å². The zero-order valence-electron chi connectivity index (χ0n) is 5.90. The minimum atomic E-state index is 1.25. The van der Waals surface area contributed by atoms with Gasteiger partial charge in [-0.2, -0.15) is 0 Å². The number of allylic oxidation sites excluding steroid dienone is 3. The van der Waals surface area contributed by atoms with Crippen LogP contribution in [0.4, 0.5) is 0 Å². The van der Waals surface area contributed by atoms with Gasteiger partial charge in [-0.05, 0) is 25.7 Å². The van der Waals surface area contributed by atoms with Crippen molar-refractivity contribution in [1.29, 1.82) is 0 Å². The lowest BCUT2D eigenvalue weighted by Gasteiger charge is -1.93. The highest BCUT2D eigenvalue weighted by molar-refractivity contribution is 5.16. The Morgan fingerprint density at radius 3 is 3.00 bits per heavy atom. The third-order valence-electron chi connectivity index (χ3n) is 1.84. The van der Waals surface area contributed by atoms with Crippen LogP contribution in [0.1, 0.15) is 32.1 Å². The largest absolute Gasteiger partial charge is 0.0988 e.